The number of imidazole rings is 1. The molecule has 0 saturated carbocycles. The summed E-state index contributed by atoms with van der Waals surface area (Å²) in [6.45, 7) is 2.21. The van der Waals surface area contributed by atoms with Crippen molar-refractivity contribution < 1.29 is 9.53 Å². The van der Waals surface area contributed by atoms with Crippen LogP contribution in [0.15, 0.2) is 61.2 Å². The molecule has 6 heteroatoms. The molecule has 0 aliphatic carbocycles. The molecule has 6 nitrogen and oxygen atoms in total. The Hall–Kier alpha value is -3.41. The highest BCUT2D eigenvalue weighted by molar-refractivity contribution is 5.83. The third-order valence-electron chi connectivity index (χ3n) is 4.25. The van der Waals surface area contributed by atoms with E-state index in [4.69, 9.17) is 4.74 Å². The number of nitrogens with zero attached hydrogens (tertiary/aromatic N) is 3. The van der Waals surface area contributed by atoms with Gasteiger partial charge in [-0.2, -0.15) is 5.10 Å². The predicted octanol–water partition coefficient (Wildman–Crippen LogP) is 3.52. The quantitative estimate of drug-likeness (QED) is 0.561. The predicted molar refractivity (Wildman–Crippen MR) is 99.0 cm³/mol. The molecule has 0 saturated heterocycles. The smallest absolute Gasteiger partial charge is 0.310 e. The van der Waals surface area contributed by atoms with Crippen LogP contribution in [0.5, 0.6) is 0 Å². The molecule has 0 unspecified atom stereocenters. The minimum Gasteiger partial charge on any atom is -0.466 e. The van der Waals surface area contributed by atoms with Gasteiger partial charge in [-0.3, -0.25) is 14.5 Å². The summed E-state index contributed by atoms with van der Waals surface area (Å²) >= 11 is 0. The van der Waals surface area contributed by atoms with Crippen molar-refractivity contribution in [2.75, 3.05) is 6.61 Å². The van der Waals surface area contributed by atoms with Gasteiger partial charge in [0.15, 0.2) is 0 Å². The number of nitrogens with one attached hydrogen (secondary N) is 1. The number of ether oxygens (including phenoxy) is 1. The highest BCUT2D eigenvalue weighted by Gasteiger charge is 2.08. The van der Waals surface area contributed by atoms with Crippen molar-refractivity contribution in [3.05, 3.63) is 66.7 Å². The van der Waals surface area contributed by atoms with Crippen LogP contribution in [-0.4, -0.2) is 32.3 Å². The van der Waals surface area contributed by atoms with Crippen molar-refractivity contribution >= 4 is 17.0 Å². The average molecular weight is 346 g/mol. The Kier molecular flexibility index (Phi) is 4.23. The van der Waals surface area contributed by atoms with Gasteiger partial charge < -0.3 is 4.74 Å². The maximum Gasteiger partial charge on any atom is 0.310 e. The SMILES string of the molecule is CCOC(=O)Cc1ccc(-n2cnc3cc(-c4cn[nH]c4)ccc32)cc1. The van der Waals surface area contributed by atoms with Gasteiger partial charge in [0.2, 0.25) is 0 Å². The minimum absolute atomic E-state index is 0.208. The van der Waals surface area contributed by atoms with E-state index in [-0.39, 0.29) is 12.4 Å². The molecule has 0 radical (unpaired) electrons. The number of rotatable bonds is 5. The van der Waals surface area contributed by atoms with Crippen LogP contribution in [0.3, 0.4) is 0 Å². The molecule has 0 bridgehead atoms. The van der Waals surface area contributed by atoms with Crippen LogP contribution in [0.1, 0.15) is 12.5 Å². The van der Waals surface area contributed by atoms with Gasteiger partial charge in [-0.15, -0.1) is 0 Å². The van der Waals surface area contributed by atoms with E-state index >= 15 is 0 Å². The van der Waals surface area contributed by atoms with Gasteiger partial charge >= 0.3 is 5.97 Å². The Balaban J connectivity index is 1.61. The van der Waals surface area contributed by atoms with E-state index in [9.17, 15) is 4.79 Å². The Labute approximate surface area is 150 Å². The minimum atomic E-state index is -0.208. The second-order valence-electron chi connectivity index (χ2n) is 5.95. The van der Waals surface area contributed by atoms with Crippen molar-refractivity contribution in [1.29, 1.82) is 0 Å². The molecule has 2 aromatic heterocycles. The van der Waals surface area contributed by atoms with Gasteiger partial charge in [-0.05, 0) is 42.3 Å². The maximum absolute atomic E-state index is 11.6. The van der Waals surface area contributed by atoms with Crippen LogP contribution in [-0.2, 0) is 16.0 Å². The number of aromatic amines is 1. The fraction of sp³-hybridized carbons (Fsp3) is 0.150. The molecule has 130 valence electrons. The van der Waals surface area contributed by atoms with E-state index in [1.807, 2.05) is 54.3 Å². The zero-order chi connectivity index (χ0) is 17.9. The van der Waals surface area contributed by atoms with Crippen molar-refractivity contribution in [2.45, 2.75) is 13.3 Å². The lowest BCUT2D eigenvalue weighted by Gasteiger charge is -2.07. The molecule has 1 N–H and O–H groups in total. The van der Waals surface area contributed by atoms with E-state index in [0.717, 1.165) is 33.4 Å². The molecule has 2 aromatic carbocycles. The highest BCUT2D eigenvalue weighted by atomic mass is 16.5. The molecule has 0 amide bonds. The fourth-order valence-corrected chi connectivity index (χ4v) is 2.96. The highest BCUT2D eigenvalue weighted by Crippen LogP contribution is 2.25. The fourth-order valence-electron chi connectivity index (χ4n) is 2.96. The maximum atomic E-state index is 11.6. The number of hydrogen-bond acceptors (Lipinski definition) is 4. The summed E-state index contributed by atoms with van der Waals surface area (Å²) in [6.07, 6.45) is 5.75. The van der Waals surface area contributed by atoms with Crippen LogP contribution in [0.25, 0.3) is 27.8 Å². The molecule has 0 spiro atoms. The van der Waals surface area contributed by atoms with E-state index in [1.54, 1.807) is 6.20 Å². The lowest BCUT2D eigenvalue weighted by Crippen LogP contribution is -2.07. The normalized spacial score (nSPS) is 11.0. The van der Waals surface area contributed by atoms with Crippen LogP contribution < -0.4 is 0 Å². The van der Waals surface area contributed by atoms with E-state index in [1.165, 1.54) is 0 Å². The lowest BCUT2D eigenvalue weighted by atomic mass is 10.1. The Morgan fingerprint density at radius 1 is 1.15 bits per heavy atom. The van der Waals surface area contributed by atoms with E-state index in [2.05, 4.69) is 27.3 Å². The number of carbonyl (C=O) groups is 1. The topological polar surface area (TPSA) is 72.8 Å². The summed E-state index contributed by atoms with van der Waals surface area (Å²) < 4.78 is 7.02. The standard InChI is InChI=1S/C20H18N4O2/c1-2-26-20(25)9-14-3-6-17(7-4-14)24-13-21-18-10-15(5-8-19(18)24)16-11-22-23-12-16/h3-8,10-13H,2,9H2,1H3,(H,22,23). The first-order chi connectivity index (χ1) is 12.7. The van der Waals surface area contributed by atoms with Gasteiger partial charge in [0, 0.05) is 17.4 Å². The molecule has 4 aromatic rings. The van der Waals surface area contributed by atoms with Crippen molar-refractivity contribution in [1.82, 2.24) is 19.7 Å². The summed E-state index contributed by atoms with van der Waals surface area (Å²) in [4.78, 5) is 16.1. The van der Waals surface area contributed by atoms with Gasteiger partial charge in [0.1, 0.15) is 6.33 Å². The number of H-pyrrole nitrogens is 1. The number of carbonyl (C=O) groups excluding carboxylic acids is 1. The van der Waals surface area contributed by atoms with Crippen molar-refractivity contribution in [3.63, 3.8) is 0 Å². The van der Waals surface area contributed by atoms with E-state index in [0.29, 0.717) is 6.61 Å². The van der Waals surface area contributed by atoms with Crippen LogP contribution in [0.2, 0.25) is 0 Å². The molecule has 0 atom stereocenters. The summed E-state index contributed by atoms with van der Waals surface area (Å²) in [6, 6.07) is 14.0. The zero-order valence-corrected chi connectivity index (χ0v) is 14.3. The first-order valence-corrected chi connectivity index (χ1v) is 8.46. The molecular formula is C20H18N4O2. The second-order valence-corrected chi connectivity index (χ2v) is 5.95. The summed E-state index contributed by atoms with van der Waals surface area (Å²) in [7, 11) is 0. The number of benzene rings is 2. The number of hydrogen-bond donors (Lipinski definition) is 1. The number of fused-ring (bicyclic) bond motifs is 1. The summed E-state index contributed by atoms with van der Waals surface area (Å²) in [5, 5.41) is 6.81. The van der Waals surface area contributed by atoms with Crippen LogP contribution in [0, 0.1) is 0 Å². The molecule has 0 aliphatic rings. The Morgan fingerprint density at radius 2 is 2.00 bits per heavy atom. The second kappa shape index (κ2) is 6.84. The van der Waals surface area contributed by atoms with Gasteiger partial charge in [-0.25, -0.2) is 4.98 Å². The lowest BCUT2D eigenvalue weighted by molar-refractivity contribution is -0.142. The zero-order valence-electron chi connectivity index (χ0n) is 14.3. The third kappa shape index (κ3) is 3.09. The molecule has 26 heavy (non-hydrogen) atoms. The first-order valence-electron chi connectivity index (χ1n) is 8.46. The van der Waals surface area contributed by atoms with Crippen LogP contribution in [0.4, 0.5) is 0 Å². The first kappa shape index (κ1) is 16.1. The Morgan fingerprint density at radius 3 is 2.73 bits per heavy atom. The monoisotopic (exact) mass is 346 g/mol. The van der Waals surface area contributed by atoms with Crippen molar-refractivity contribution in [2.24, 2.45) is 0 Å². The molecule has 2 heterocycles. The largest absolute Gasteiger partial charge is 0.466 e. The Bertz CT molecular complexity index is 1030. The summed E-state index contributed by atoms with van der Waals surface area (Å²) in [5.41, 5.74) is 5.97. The van der Waals surface area contributed by atoms with E-state index < -0.39 is 0 Å². The van der Waals surface area contributed by atoms with Gasteiger partial charge in [0.05, 0.1) is 30.3 Å². The molecule has 0 fully saturated rings. The van der Waals surface area contributed by atoms with Crippen LogP contribution >= 0.6 is 0 Å². The van der Waals surface area contributed by atoms with Gasteiger partial charge in [-0.1, -0.05) is 18.2 Å². The molecule has 4 rings (SSSR count). The number of aromatic nitrogens is 4. The molecule has 0 aliphatic heterocycles. The van der Waals surface area contributed by atoms with Gasteiger partial charge in [0.25, 0.3) is 0 Å². The van der Waals surface area contributed by atoms with Crippen molar-refractivity contribution in [3.8, 4) is 16.8 Å². The summed E-state index contributed by atoms with van der Waals surface area (Å²) in [5.74, 6) is -0.208. The average Bonchev–Trinajstić information content (AvgIpc) is 3.32. The molecular weight excluding hydrogens is 328 g/mol. The number of esters is 1. The third-order valence-corrected chi connectivity index (χ3v) is 4.25.